The molecule has 0 saturated heterocycles. The van der Waals surface area contributed by atoms with E-state index in [0.717, 1.165) is 0 Å². The Morgan fingerprint density at radius 1 is 1.47 bits per heavy atom. The van der Waals surface area contributed by atoms with Gasteiger partial charge in [-0.05, 0) is 34.9 Å². The maximum Gasteiger partial charge on any atom is 0.165 e. The van der Waals surface area contributed by atoms with Crippen LogP contribution in [0.5, 0.6) is 5.75 Å². The lowest BCUT2D eigenvalue weighted by molar-refractivity contribution is 0.386. The molecule has 0 aliphatic rings. The summed E-state index contributed by atoms with van der Waals surface area (Å²) in [5, 5.41) is 9.79. The smallest absolute Gasteiger partial charge is 0.165 e. The number of nitrogens with zero attached hydrogens (tertiary/aromatic N) is 4. The van der Waals surface area contributed by atoms with Crippen molar-refractivity contribution in [1.29, 1.82) is 0 Å². The van der Waals surface area contributed by atoms with E-state index in [1.807, 2.05) is 0 Å². The predicted octanol–water partition coefficient (Wildman–Crippen LogP) is 3.17. The Kier molecular flexibility index (Phi) is 2.93. The van der Waals surface area contributed by atoms with Crippen LogP contribution in [0.25, 0.3) is 21.7 Å². The van der Waals surface area contributed by atoms with Gasteiger partial charge in [-0.25, -0.2) is 4.39 Å². The molecule has 0 bridgehead atoms. The second kappa shape index (κ2) is 4.54. The van der Waals surface area contributed by atoms with Gasteiger partial charge in [-0.1, -0.05) is 0 Å². The summed E-state index contributed by atoms with van der Waals surface area (Å²) in [6, 6.07) is 6.00. The zero-order valence-corrected chi connectivity index (χ0v) is 8.88. The highest BCUT2D eigenvalue weighted by molar-refractivity contribution is 5.62. The highest BCUT2D eigenvalue weighted by Crippen LogP contribution is 2.26. The third-order valence-corrected chi connectivity index (χ3v) is 2.16. The SMILES string of the molecule is COc1ccc(-c2cc(N=[N+]=[N-])[nH]n2)cc1F. The normalized spacial score (nSPS) is 9.76. The third kappa shape index (κ3) is 2.19. The molecule has 0 spiro atoms. The quantitative estimate of drug-likeness (QED) is 0.501. The summed E-state index contributed by atoms with van der Waals surface area (Å²) in [4.78, 5) is 2.62. The van der Waals surface area contributed by atoms with Crippen molar-refractivity contribution in [2.24, 2.45) is 5.11 Å². The molecule has 1 aromatic heterocycles. The van der Waals surface area contributed by atoms with Crippen LogP contribution >= 0.6 is 0 Å². The molecule has 0 saturated carbocycles. The number of hydrogen-bond donors (Lipinski definition) is 1. The molecular weight excluding hydrogens is 225 g/mol. The average Bonchev–Trinajstić information content (AvgIpc) is 2.78. The highest BCUT2D eigenvalue weighted by atomic mass is 19.1. The van der Waals surface area contributed by atoms with Gasteiger partial charge in [0, 0.05) is 10.5 Å². The Balaban J connectivity index is 2.38. The van der Waals surface area contributed by atoms with Gasteiger partial charge in [0.25, 0.3) is 0 Å². The molecule has 0 amide bonds. The summed E-state index contributed by atoms with van der Waals surface area (Å²) in [5.41, 5.74) is 9.31. The molecule has 86 valence electrons. The van der Waals surface area contributed by atoms with Gasteiger partial charge in [-0.2, -0.15) is 5.10 Å². The molecule has 17 heavy (non-hydrogen) atoms. The first-order valence-electron chi connectivity index (χ1n) is 4.69. The van der Waals surface area contributed by atoms with Crippen molar-refractivity contribution in [1.82, 2.24) is 10.2 Å². The first kappa shape index (κ1) is 11.0. The van der Waals surface area contributed by atoms with E-state index in [4.69, 9.17) is 10.3 Å². The van der Waals surface area contributed by atoms with Crippen molar-refractivity contribution in [2.45, 2.75) is 0 Å². The zero-order valence-electron chi connectivity index (χ0n) is 8.88. The van der Waals surface area contributed by atoms with Crippen molar-refractivity contribution in [3.8, 4) is 17.0 Å². The first-order chi connectivity index (χ1) is 8.24. The minimum Gasteiger partial charge on any atom is -0.494 e. The summed E-state index contributed by atoms with van der Waals surface area (Å²) < 4.78 is 18.3. The van der Waals surface area contributed by atoms with Gasteiger partial charge in [0.05, 0.1) is 12.8 Å². The van der Waals surface area contributed by atoms with Crippen LogP contribution in [0.3, 0.4) is 0 Å². The number of aromatic amines is 1. The number of H-pyrrole nitrogens is 1. The van der Waals surface area contributed by atoms with Crippen LogP contribution < -0.4 is 4.74 Å². The van der Waals surface area contributed by atoms with E-state index < -0.39 is 5.82 Å². The van der Waals surface area contributed by atoms with Gasteiger partial charge >= 0.3 is 0 Å². The number of methoxy groups -OCH3 is 1. The highest BCUT2D eigenvalue weighted by Gasteiger charge is 2.07. The Bertz CT molecular complexity index is 588. The monoisotopic (exact) mass is 233 g/mol. The van der Waals surface area contributed by atoms with Crippen molar-refractivity contribution in [3.05, 3.63) is 40.5 Å². The largest absolute Gasteiger partial charge is 0.494 e. The summed E-state index contributed by atoms with van der Waals surface area (Å²) in [5.74, 6) is -0.0309. The van der Waals surface area contributed by atoms with Crippen LogP contribution in [0, 0.1) is 5.82 Å². The topological polar surface area (TPSA) is 86.7 Å². The minimum atomic E-state index is -0.474. The molecule has 1 N–H and O–H groups in total. The number of nitrogens with one attached hydrogen (secondary N) is 1. The molecule has 2 rings (SSSR count). The molecule has 0 unspecified atom stereocenters. The van der Waals surface area contributed by atoms with Crippen LogP contribution in [0.15, 0.2) is 29.4 Å². The molecule has 0 aliphatic heterocycles. The molecule has 6 nitrogen and oxygen atoms in total. The molecule has 1 aromatic carbocycles. The Labute approximate surface area is 95.7 Å². The average molecular weight is 233 g/mol. The van der Waals surface area contributed by atoms with Gasteiger partial charge in [-0.15, -0.1) is 0 Å². The standard InChI is InChI=1S/C10H8FN5O/c1-17-9-3-2-6(4-7(9)11)8-5-10(14-13-8)15-16-12/h2-5H,1H3,(H,13,14). The molecule has 0 aliphatic carbocycles. The van der Waals surface area contributed by atoms with Crippen LogP contribution in [-0.4, -0.2) is 17.3 Å². The number of hydrogen-bond acceptors (Lipinski definition) is 3. The van der Waals surface area contributed by atoms with E-state index in [1.165, 1.54) is 25.3 Å². The Morgan fingerprint density at radius 2 is 2.29 bits per heavy atom. The fraction of sp³-hybridized carbons (Fsp3) is 0.100. The number of benzene rings is 1. The number of rotatable bonds is 3. The van der Waals surface area contributed by atoms with Gasteiger partial charge < -0.3 is 4.74 Å². The number of halogens is 1. The predicted molar refractivity (Wildman–Crippen MR) is 59.3 cm³/mol. The van der Waals surface area contributed by atoms with E-state index in [0.29, 0.717) is 11.3 Å². The van der Waals surface area contributed by atoms with Crippen molar-refractivity contribution in [2.75, 3.05) is 7.11 Å². The van der Waals surface area contributed by atoms with Crippen LogP contribution in [0.2, 0.25) is 0 Å². The van der Waals surface area contributed by atoms with Gasteiger partial charge in [0.2, 0.25) is 0 Å². The molecular formula is C10H8FN5O. The lowest BCUT2D eigenvalue weighted by atomic mass is 10.1. The summed E-state index contributed by atoms with van der Waals surface area (Å²) >= 11 is 0. The zero-order chi connectivity index (χ0) is 12.3. The van der Waals surface area contributed by atoms with Gasteiger partial charge in [-0.3, -0.25) is 5.10 Å². The van der Waals surface area contributed by atoms with Gasteiger partial charge in [0.15, 0.2) is 11.6 Å². The molecule has 7 heteroatoms. The van der Waals surface area contributed by atoms with Crippen molar-refractivity contribution >= 4 is 5.82 Å². The molecule has 0 atom stereocenters. The number of aromatic nitrogens is 2. The van der Waals surface area contributed by atoms with Crippen LogP contribution in [0.4, 0.5) is 10.2 Å². The Hall–Kier alpha value is -2.53. The van der Waals surface area contributed by atoms with Crippen LogP contribution in [0.1, 0.15) is 0 Å². The molecule has 0 fully saturated rings. The third-order valence-electron chi connectivity index (χ3n) is 2.16. The lowest BCUT2D eigenvalue weighted by Gasteiger charge is -2.02. The first-order valence-corrected chi connectivity index (χ1v) is 4.69. The van der Waals surface area contributed by atoms with Crippen LogP contribution in [-0.2, 0) is 0 Å². The summed E-state index contributed by atoms with van der Waals surface area (Å²) in [6.07, 6.45) is 0. The summed E-state index contributed by atoms with van der Waals surface area (Å²) in [6.45, 7) is 0. The Morgan fingerprint density at radius 3 is 2.94 bits per heavy atom. The maximum absolute atomic E-state index is 13.4. The van der Waals surface area contributed by atoms with E-state index in [1.54, 1.807) is 6.07 Å². The molecule has 0 radical (unpaired) electrons. The number of ether oxygens (including phenoxy) is 1. The lowest BCUT2D eigenvalue weighted by Crippen LogP contribution is -1.88. The van der Waals surface area contributed by atoms with Gasteiger partial charge in [0.1, 0.15) is 5.82 Å². The summed E-state index contributed by atoms with van der Waals surface area (Å²) in [7, 11) is 1.40. The minimum absolute atomic E-state index is 0.166. The van der Waals surface area contributed by atoms with E-state index in [-0.39, 0.29) is 11.6 Å². The van der Waals surface area contributed by atoms with Crippen molar-refractivity contribution in [3.63, 3.8) is 0 Å². The maximum atomic E-state index is 13.4. The molecule has 2 aromatic rings. The molecule has 1 heterocycles. The van der Waals surface area contributed by atoms with E-state index in [9.17, 15) is 4.39 Å². The van der Waals surface area contributed by atoms with Crippen molar-refractivity contribution < 1.29 is 9.13 Å². The number of azide groups is 1. The second-order valence-electron chi connectivity index (χ2n) is 3.18. The van der Waals surface area contributed by atoms with E-state index >= 15 is 0 Å². The fourth-order valence-electron chi connectivity index (χ4n) is 1.38. The second-order valence-corrected chi connectivity index (χ2v) is 3.18. The fourth-order valence-corrected chi connectivity index (χ4v) is 1.38. The van der Waals surface area contributed by atoms with E-state index in [2.05, 4.69) is 20.2 Å².